The first-order valence-electron chi connectivity index (χ1n) is 6.58. The molecule has 2 fully saturated rings. The molecule has 0 aliphatic carbocycles. The van der Waals surface area contributed by atoms with Crippen LogP contribution in [0.4, 0.5) is 0 Å². The summed E-state index contributed by atoms with van der Waals surface area (Å²) in [6.07, 6.45) is -3.42. The van der Waals surface area contributed by atoms with Gasteiger partial charge in [0.2, 0.25) is 0 Å². The summed E-state index contributed by atoms with van der Waals surface area (Å²) in [6, 6.07) is -0.176. The van der Waals surface area contributed by atoms with E-state index in [9.17, 15) is 19.8 Å². The van der Waals surface area contributed by atoms with Crippen molar-refractivity contribution < 1.29 is 24.8 Å². The van der Waals surface area contributed by atoms with E-state index in [1.807, 2.05) is 0 Å². The van der Waals surface area contributed by atoms with Crippen molar-refractivity contribution in [2.45, 2.75) is 30.5 Å². The highest BCUT2D eigenvalue weighted by atomic mass is 16.6. The van der Waals surface area contributed by atoms with E-state index in [0.717, 1.165) is 0 Å². The normalized spacial score (nSPS) is 33.1. The number of nitrogens with zero attached hydrogens (tertiary/aromatic N) is 1. The molecule has 0 saturated carbocycles. The fourth-order valence-corrected chi connectivity index (χ4v) is 2.52. The standard InChI is InChI=1S/C12H16N2O7/c15-2-7-8(16)9(17)10(21-7)6-1-14(5-3-20-4-5)12(19)13-11(6)18/h1,5,7-10,15-17H,2-4H2,(H,13,18,19)/t7-,8?,9?,10+/m1/s1. The van der Waals surface area contributed by atoms with Crippen molar-refractivity contribution in [3.05, 3.63) is 32.6 Å². The van der Waals surface area contributed by atoms with Gasteiger partial charge in [0.25, 0.3) is 5.56 Å². The zero-order chi connectivity index (χ0) is 15.1. The van der Waals surface area contributed by atoms with Gasteiger partial charge in [-0.05, 0) is 0 Å². The lowest BCUT2D eigenvalue weighted by Gasteiger charge is -2.28. The molecule has 0 amide bonds. The third-order valence-corrected chi connectivity index (χ3v) is 3.86. The van der Waals surface area contributed by atoms with Crippen LogP contribution in [0.25, 0.3) is 0 Å². The van der Waals surface area contributed by atoms with E-state index < -0.39 is 42.3 Å². The molecule has 3 heterocycles. The van der Waals surface area contributed by atoms with E-state index in [4.69, 9.17) is 14.6 Å². The predicted octanol–water partition coefficient (Wildman–Crippen LogP) is -2.74. The van der Waals surface area contributed by atoms with Gasteiger partial charge in [0.15, 0.2) is 0 Å². The van der Waals surface area contributed by atoms with Gasteiger partial charge in [-0.2, -0.15) is 0 Å². The van der Waals surface area contributed by atoms with Gasteiger partial charge in [0, 0.05) is 6.20 Å². The lowest BCUT2D eigenvalue weighted by molar-refractivity contribution is -0.0294. The third-order valence-electron chi connectivity index (χ3n) is 3.86. The van der Waals surface area contributed by atoms with Crippen LogP contribution >= 0.6 is 0 Å². The Kier molecular flexibility index (Phi) is 3.68. The van der Waals surface area contributed by atoms with E-state index in [1.165, 1.54) is 10.8 Å². The van der Waals surface area contributed by atoms with Gasteiger partial charge >= 0.3 is 5.69 Å². The monoisotopic (exact) mass is 300 g/mol. The molecule has 3 rings (SSSR count). The van der Waals surface area contributed by atoms with Gasteiger partial charge in [0.1, 0.15) is 24.4 Å². The summed E-state index contributed by atoms with van der Waals surface area (Å²) in [5, 5.41) is 28.8. The zero-order valence-electron chi connectivity index (χ0n) is 11.0. The second-order valence-corrected chi connectivity index (χ2v) is 5.20. The molecule has 0 bridgehead atoms. The molecule has 0 radical (unpaired) electrons. The van der Waals surface area contributed by atoms with E-state index in [0.29, 0.717) is 13.2 Å². The minimum atomic E-state index is -1.35. The van der Waals surface area contributed by atoms with Crippen molar-refractivity contribution in [1.29, 1.82) is 0 Å². The summed E-state index contributed by atoms with van der Waals surface area (Å²) < 4.78 is 11.6. The van der Waals surface area contributed by atoms with Crippen molar-refractivity contribution in [1.82, 2.24) is 9.55 Å². The van der Waals surface area contributed by atoms with E-state index >= 15 is 0 Å². The van der Waals surface area contributed by atoms with Gasteiger partial charge < -0.3 is 24.8 Å². The van der Waals surface area contributed by atoms with E-state index in [1.54, 1.807) is 0 Å². The molecule has 9 nitrogen and oxygen atoms in total. The highest BCUT2D eigenvalue weighted by Crippen LogP contribution is 2.31. The van der Waals surface area contributed by atoms with Crippen LogP contribution in [0, 0.1) is 0 Å². The van der Waals surface area contributed by atoms with Crippen LogP contribution in [0.2, 0.25) is 0 Å². The van der Waals surface area contributed by atoms with Crippen LogP contribution < -0.4 is 11.2 Å². The average Bonchev–Trinajstić information content (AvgIpc) is 2.67. The number of aliphatic hydroxyl groups excluding tert-OH is 3. The molecule has 4 N–H and O–H groups in total. The number of aliphatic hydroxyl groups is 3. The van der Waals surface area contributed by atoms with Crippen LogP contribution in [-0.2, 0) is 9.47 Å². The van der Waals surface area contributed by atoms with Crippen molar-refractivity contribution in [2.24, 2.45) is 0 Å². The van der Waals surface area contributed by atoms with Crippen molar-refractivity contribution in [3.8, 4) is 0 Å². The highest BCUT2D eigenvalue weighted by Gasteiger charge is 2.44. The summed E-state index contributed by atoms with van der Waals surface area (Å²) in [5.41, 5.74) is -1.22. The molecule has 2 saturated heterocycles. The van der Waals surface area contributed by atoms with Crippen LogP contribution in [0.5, 0.6) is 0 Å². The Balaban J connectivity index is 1.98. The lowest BCUT2D eigenvalue weighted by Crippen LogP contribution is -2.42. The molecule has 1 aromatic heterocycles. The first-order chi connectivity index (χ1) is 10.0. The first-order valence-corrected chi connectivity index (χ1v) is 6.58. The lowest BCUT2D eigenvalue weighted by atomic mass is 10.0. The van der Waals surface area contributed by atoms with Gasteiger partial charge in [0.05, 0.1) is 31.4 Å². The molecule has 9 heteroatoms. The number of hydrogen-bond acceptors (Lipinski definition) is 7. The van der Waals surface area contributed by atoms with Crippen LogP contribution in [-0.4, -0.2) is 63.0 Å². The summed E-state index contributed by atoms with van der Waals surface area (Å²) in [5.74, 6) is 0. The second-order valence-electron chi connectivity index (χ2n) is 5.20. The molecule has 116 valence electrons. The van der Waals surface area contributed by atoms with Gasteiger partial charge in [-0.1, -0.05) is 0 Å². The van der Waals surface area contributed by atoms with Crippen LogP contribution in [0.3, 0.4) is 0 Å². The molecule has 2 unspecified atom stereocenters. The maximum Gasteiger partial charge on any atom is 0.328 e. The number of aromatic nitrogens is 2. The molecule has 0 aromatic carbocycles. The topological polar surface area (TPSA) is 134 Å². The van der Waals surface area contributed by atoms with Gasteiger partial charge in [-0.25, -0.2) is 4.79 Å². The number of H-pyrrole nitrogens is 1. The molecule has 21 heavy (non-hydrogen) atoms. The third kappa shape index (κ3) is 2.32. The maximum absolute atomic E-state index is 11.9. The van der Waals surface area contributed by atoms with Gasteiger partial charge in [-0.3, -0.25) is 14.3 Å². The summed E-state index contributed by atoms with van der Waals surface area (Å²) in [6.45, 7) is 0.242. The Hall–Kier alpha value is -1.52. The molecule has 1 aromatic rings. The number of aromatic amines is 1. The minimum absolute atomic E-state index is 0.0315. The largest absolute Gasteiger partial charge is 0.394 e. The summed E-state index contributed by atoms with van der Waals surface area (Å²) in [7, 11) is 0. The summed E-state index contributed by atoms with van der Waals surface area (Å²) >= 11 is 0. The first kappa shape index (κ1) is 14.4. The van der Waals surface area contributed by atoms with Crippen molar-refractivity contribution in [2.75, 3.05) is 19.8 Å². The minimum Gasteiger partial charge on any atom is -0.394 e. The Morgan fingerprint density at radius 2 is 2.00 bits per heavy atom. The predicted molar refractivity (Wildman–Crippen MR) is 67.9 cm³/mol. The number of rotatable bonds is 3. The SMILES string of the molecule is O=c1[nH]c(=O)n(C2COC2)cc1[C@@H]1O[C@H](CO)C(O)C1O. The quantitative estimate of drug-likeness (QED) is 0.476. The Morgan fingerprint density at radius 1 is 1.29 bits per heavy atom. The van der Waals surface area contributed by atoms with Crippen molar-refractivity contribution in [3.63, 3.8) is 0 Å². The second kappa shape index (κ2) is 5.35. The van der Waals surface area contributed by atoms with Crippen molar-refractivity contribution >= 4 is 0 Å². The van der Waals surface area contributed by atoms with Gasteiger partial charge in [-0.15, -0.1) is 0 Å². The average molecular weight is 300 g/mol. The fraction of sp³-hybridized carbons (Fsp3) is 0.667. The molecule has 4 atom stereocenters. The Morgan fingerprint density at radius 3 is 2.52 bits per heavy atom. The molecule has 2 aliphatic heterocycles. The highest BCUT2D eigenvalue weighted by molar-refractivity contribution is 5.15. The molecular formula is C12H16N2O7. The fourth-order valence-electron chi connectivity index (χ4n) is 2.52. The Labute approximate surface area is 118 Å². The smallest absolute Gasteiger partial charge is 0.328 e. The molecule has 2 aliphatic rings. The van der Waals surface area contributed by atoms with Crippen LogP contribution in [0.15, 0.2) is 15.8 Å². The number of ether oxygens (including phenoxy) is 2. The van der Waals surface area contributed by atoms with Crippen LogP contribution in [0.1, 0.15) is 17.7 Å². The number of nitrogens with one attached hydrogen (secondary N) is 1. The molecule has 0 spiro atoms. The maximum atomic E-state index is 11.9. The van der Waals surface area contributed by atoms with E-state index in [-0.39, 0.29) is 11.6 Å². The zero-order valence-corrected chi connectivity index (χ0v) is 11.0. The Bertz CT molecular complexity index is 635. The molecular weight excluding hydrogens is 284 g/mol. The van der Waals surface area contributed by atoms with E-state index in [2.05, 4.69) is 4.98 Å². The summed E-state index contributed by atoms with van der Waals surface area (Å²) in [4.78, 5) is 25.8. The number of hydrogen-bond donors (Lipinski definition) is 4.